The molecule has 0 aliphatic rings. The van der Waals surface area contributed by atoms with Crippen molar-refractivity contribution in [3.8, 4) is 11.8 Å². The zero-order valence-corrected chi connectivity index (χ0v) is 12.5. The van der Waals surface area contributed by atoms with E-state index in [0.717, 1.165) is 10.4 Å². The van der Waals surface area contributed by atoms with Gasteiger partial charge in [-0.25, -0.2) is 0 Å². The Morgan fingerprint density at radius 3 is 2.76 bits per heavy atom. The number of rotatable bonds is 4. The highest BCUT2D eigenvalue weighted by molar-refractivity contribution is 7.11. The molecule has 0 saturated carbocycles. The Morgan fingerprint density at radius 2 is 2.14 bits per heavy atom. The van der Waals surface area contributed by atoms with Gasteiger partial charge in [0, 0.05) is 4.88 Å². The number of nitriles is 1. The number of nitrogens with zero attached hydrogens (tertiary/aromatic N) is 1. The molecule has 0 atom stereocenters. The monoisotopic (exact) mass is 298 g/mol. The van der Waals surface area contributed by atoms with Gasteiger partial charge < -0.3 is 10.1 Å². The summed E-state index contributed by atoms with van der Waals surface area (Å²) in [6.07, 6.45) is 1.60. The number of carbonyl (C=O) groups is 1. The van der Waals surface area contributed by atoms with Gasteiger partial charge in [0.15, 0.2) is 0 Å². The lowest BCUT2D eigenvalue weighted by Gasteiger charge is -2.09. The molecule has 1 heterocycles. The largest absolute Gasteiger partial charge is 0.495 e. The number of carbonyl (C=O) groups excluding carboxylic acids is 1. The van der Waals surface area contributed by atoms with Crippen LogP contribution in [0.25, 0.3) is 6.08 Å². The molecule has 2 aromatic rings. The van der Waals surface area contributed by atoms with E-state index < -0.39 is 5.91 Å². The van der Waals surface area contributed by atoms with E-state index in [-0.39, 0.29) is 5.57 Å². The molecule has 5 heteroatoms. The number of hydrogen-bond acceptors (Lipinski definition) is 4. The van der Waals surface area contributed by atoms with E-state index in [9.17, 15) is 10.1 Å². The van der Waals surface area contributed by atoms with Crippen LogP contribution in [-0.4, -0.2) is 13.0 Å². The summed E-state index contributed by atoms with van der Waals surface area (Å²) in [5.74, 6) is 0.102. The molecule has 106 valence electrons. The molecule has 1 amide bonds. The summed E-state index contributed by atoms with van der Waals surface area (Å²) < 4.78 is 5.17. The number of ether oxygens (including phenoxy) is 1. The molecular formula is C16H14N2O2S. The number of para-hydroxylation sites is 2. The average molecular weight is 298 g/mol. The van der Waals surface area contributed by atoms with Crippen LogP contribution >= 0.6 is 11.3 Å². The Morgan fingerprint density at radius 1 is 1.38 bits per heavy atom. The fourth-order valence-electron chi connectivity index (χ4n) is 1.75. The smallest absolute Gasteiger partial charge is 0.266 e. The second kappa shape index (κ2) is 6.73. The number of anilines is 1. The van der Waals surface area contributed by atoms with E-state index in [2.05, 4.69) is 5.32 Å². The van der Waals surface area contributed by atoms with Gasteiger partial charge in [-0.1, -0.05) is 12.1 Å². The predicted octanol–water partition coefficient (Wildman–Crippen LogP) is 3.61. The first-order valence-electron chi connectivity index (χ1n) is 6.26. The maximum absolute atomic E-state index is 12.2. The van der Waals surface area contributed by atoms with Gasteiger partial charge in [0.1, 0.15) is 17.4 Å². The number of thiophene rings is 1. The van der Waals surface area contributed by atoms with E-state index >= 15 is 0 Å². The Bertz CT molecular complexity index is 726. The Hall–Kier alpha value is -2.58. The summed E-state index contributed by atoms with van der Waals surface area (Å²) in [5, 5.41) is 13.8. The molecule has 0 radical (unpaired) electrons. The average Bonchev–Trinajstić information content (AvgIpc) is 2.90. The van der Waals surface area contributed by atoms with Gasteiger partial charge in [-0.2, -0.15) is 5.26 Å². The van der Waals surface area contributed by atoms with Crippen molar-refractivity contribution < 1.29 is 9.53 Å². The fourth-order valence-corrected chi connectivity index (χ4v) is 2.61. The molecule has 4 nitrogen and oxygen atoms in total. The Kier molecular flexibility index (Phi) is 4.75. The molecule has 0 aliphatic heterocycles. The van der Waals surface area contributed by atoms with Crippen LogP contribution in [0.15, 0.2) is 41.3 Å². The number of methoxy groups -OCH3 is 1. The molecule has 0 spiro atoms. The predicted molar refractivity (Wildman–Crippen MR) is 84.3 cm³/mol. The highest BCUT2D eigenvalue weighted by Crippen LogP contribution is 2.24. The van der Waals surface area contributed by atoms with Crippen molar-refractivity contribution >= 4 is 29.0 Å². The molecule has 1 aromatic heterocycles. The van der Waals surface area contributed by atoms with Crippen LogP contribution < -0.4 is 10.1 Å². The number of benzene rings is 1. The number of aryl methyl sites for hydroxylation is 1. The minimum atomic E-state index is -0.449. The molecule has 0 aliphatic carbocycles. The molecule has 0 saturated heterocycles. The fraction of sp³-hybridized carbons (Fsp3) is 0.125. The van der Waals surface area contributed by atoms with Crippen molar-refractivity contribution in [3.63, 3.8) is 0 Å². The molecular weight excluding hydrogens is 284 g/mol. The molecule has 1 aromatic carbocycles. The summed E-state index contributed by atoms with van der Waals surface area (Å²) in [4.78, 5) is 13.1. The number of amides is 1. The summed E-state index contributed by atoms with van der Waals surface area (Å²) in [6.45, 7) is 1.94. The topological polar surface area (TPSA) is 62.1 Å². The van der Waals surface area contributed by atoms with Gasteiger partial charge >= 0.3 is 0 Å². The normalized spacial score (nSPS) is 10.8. The summed E-state index contributed by atoms with van der Waals surface area (Å²) in [7, 11) is 1.53. The van der Waals surface area contributed by atoms with Gasteiger partial charge in [-0.05, 0) is 42.1 Å². The number of nitrogens with one attached hydrogen (secondary N) is 1. The maximum atomic E-state index is 12.2. The molecule has 2 rings (SSSR count). The van der Waals surface area contributed by atoms with Gasteiger partial charge in [-0.15, -0.1) is 11.3 Å². The van der Waals surface area contributed by atoms with E-state index in [1.165, 1.54) is 18.4 Å². The number of hydrogen-bond donors (Lipinski definition) is 1. The van der Waals surface area contributed by atoms with Crippen molar-refractivity contribution in [3.05, 3.63) is 51.7 Å². The van der Waals surface area contributed by atoms with Crippen molar-refractivity contribution in [2.45, 2.75) is 6.92 Å². The van der Waals surface area contributed by atoms with Gasteiger partial charge in [0.2, 0.25) is 0 Å². The Balaban J connectivity index is 2.24. The molecule has 21 heavy (non-hydrogen) atoms. The third kappa shape index (κ3) is 3.50. The van der Waals surface area contributed by atoms with Gasteiger partial charge in [-0.3, -0.25) is 4.79 Å². The third-order valence-corrected chi connectivity index (χ3v) is 3.86. The van der Waals surface area contributed by atoms with Crippen LogP contribution in [0.1, 0.15) is 10.4 Å². The second-order valence-corrected chi connectivity index (χ2v) is 5.24. The van der Waals surface area contributed by atoms with Crippen LogP contribution in [0.2, 0.25) is 0 Å². The summed E-state index contributed by atoms with van der Waals surface area (Å²) in [6, 6.07) is 11.0. The zero-order chi connectivity index (χ0) is 15.2. The highest BCUT2D eigenvalue weighted by Gasteiger charge is 2.12. The van der Waals surface area contributed by atoms with Crippen LogP contribution in [0.4, 0.5) is 5.69 Å². The molecule has 1 N–H and O–H groups in total. The van der Waals surface area contributed by atoms with Crippen LogP contribution in [0.3, 0.4) is 0 Å². The highest BCUT2D eigenvalue weighted by atomic mass is 32.1. The quantitative estimate of drug-likeness (QED) is 0.693. The maximum Gasteiger partial charge on any atom is 0.266 e. The third-order valence-electron chi connectivity index (χ3n) is 2.90. The van der Waals surface area contributed by atoms with Crippen LogP contribution in [0, 0.1) is 18.3 Å². The lowest BCUT2D eigenvalue weighted by molar-refractivity contribution is -0.112. The zero-order valence-electron chi connectivity index (χ0n) is 11.7. The summed E-state index contributed by atoms with van der Waals surface area (Å²) >= 11 is 1.49. The van der Waals surface area contributed by atoms with Crippen LogP contribution in [-0.2, 0) is 4.79 Å². The van der Waals surface area contributed by atoms with Gasteiger partial charge in [0.05, 0.1) is 12.8 Å². The van der Waals surface area contributed by atoms with Crippen LogP contribution in [0.5, 0.6) is 5.75 Å². The van der Waals surface area contributed by atoms with Crippen molar-refractivity contribution in [2.75, 3.05) is 12.4 Å². The van der Waals surface area contributed by atoms with E-state index in [1.54, 1.807) is 24.3 Å². The second-order valence-electron chi connectivity index (χ2n) is 4.29. The minimum Gasteiger partial charge on any atom is -0.495 e. The van der Waals surface area contributed by atoms with E-state index in [0.29, 0.717) is 11.4 Å². The first kappa shape index (κ1) is 14.8. The lowest BCUT2D eigenvalue weighted by Crippen LogP contribution is -2.14. The Labute approximate surface area is 127 Å². The first-order chi connectivity index (χ1) is 10.2. The van der Waals surface area contributed by atoms with Crippen molar-refractivity contribution in [1.82, 2.24) is 0 Å². The standard InChI is InChI=1S/C16H14N2O2S/c1-11-7-8-21-15(11)9-12(10-17)16(19)18-13-5-3-4-6-14(13)20-2/h3-9H,1-2H3,(H,18,19). The van der Waals surface area contributed by atoms with Gasteiger partial charge in [0.25, 0.3) is 5.91 Å². The first-order valence-corrected chi connectivity index (χ1v) is 7.14. The van der Waals surface area contributed by atoms with E-state index in [1.807, 2.05) is 30.5 Å². The van der Waals surface area contributed by atoms with E-state index in [4.69, 9.17) is 4.74 Å². The molecule has 0 bridgehead atoms. The molecule has 0 fully saturated rings. The molecule has 0 unspecified atom stereocenters. The van der Waals surface area contributed by atoms with Crippen molar-refractivity contribution in [1.29, 1.82) is 5.26 Å². The summed E-state index contributed by atoms with van der Waals surface area (Å²) in [5.41, 5.74) is 1.64. The lowest BCUT2D eigenvalue weighted by atomic mass is 10.2. The minimum absolute atomic E-state index is 0.0615. The SMILES string of the molecule is COc1ccccc1NC(=O)C(C#N)=Cc1sccc1C. The van der Waals surface area contributed by atoms with Crippen molar-refractivity contribution in [2.24, 2.45) is 0 Å².